The second-order valence-corrected chi connectivity index (χ2v) is 4.90. The molecule has 0 aliphatic heterocycles. The van der Waals surface area contributed by atoms with Crippen molar-refractivity contribution in [1.29, 1.82) is 5.26 Å². The Kier molecular flexibility index (Phi) is 1.35. The largest absolute Gasteiger partial charge is 0.293 e. The van der Waals surface area contributed by atoms with Crippen LogP contribution in [0.25, 0.3) is 10.8 Å². The number of carbonyl (C=O) groups excluding carboxylic acids is 1. The van der Waals surface area contributed by atoms with E-state index in [-0.39, 0.29) is 11.7 Å². The molecule has 0 heterocycles. The molecule has 2 aliphatic carbocycles. The zero-order chi connectivity index (χ0) is 11.6. The van der Waals surface area contributed by atoms with Gasteiger partial charge in [-0.1, -0.05) is 36.4 Å². The molecule has 0 N–H and O–H groups in total. The van der Waals surface area contributed by atoms with E-state index in [2.05, 4.69) is 6.07 Å². The van der Waals surface area contributed by atoms with Crippen molar-refractivity contribution in [2.24, 2.45) is 5.92 Å². The Morgan fingerprint density at radius 2 is 2.00 bits per heavy atom. The van der Waals surface area contributed by atoms with Crippen LogP contribution < -0.4 is 0 Å². The third kappa shape index (κ3) is 0.817. The van der Waals surface area contributed by atoms with E-state index in [1.54, 1.807) is 0 Å². The zero-order valence-corrected chi connectivity index (χ0v) is 9.10. The molecule has 2 heteroatoms. The lowest BCUT2D eigenvalue weighted by atomic mass is 9.93. The lowest BCUT2D eigenvalue weighted by molar-refractivity contribution is 0.0951. The number of hydrogen-bond acceptors (Lipinski definition) is 2. The van der Waals surface area contributed by atoms with Crippen molar-refractivity contribution in [1.82, 2.24) is 0 Å². The van der Waals surface area contributed by atoms with Crippen LogP contribution in [0.1, 0.15) is 22.3 Å². The number of benzene rings is 2. The molecule has 2 aromatic rings. The summed E-state index contributed by atoms with van der Waals surface area (Å²) >= 11 is 0. The molecule has 1 fully saturated rings. The third-order valence-electron chi connectivity index (χ3n) is 4.15. The van der Waals surface area contributed by atoms with Gasteiger partial charge in [-0.05, 0) is 22.8 Å². The normalized spacial score (nSPS) is 28.6. The molecule has 0 radical (unpaired) electrons. The number of rotatable bonds is 0. The summed E-state index contributed by atoms with van der Waals surface area (Å²) in [6, 6.07) is 14.1. The van der Waals surface area contributed by atoms with Crippen molar-refractivity contribution in [2.45, 2.75) is 11.8 Å². The van der Waals surface area contributed by atoms with Gasteiger partial charge in [-0.15, -0.1) is 0 Å². The fraction of sp³-hybridized carbons (Fsp3) is 0.200. The summed E-state index contributed by atoms with van der Waals surface area (Å²) in [5.74, 6) is 0.0175. The quantitative estimate of drug-likeness (QED) is 0.683. The van der Waals surface area contributed by atoms with E-state index in [0.717, 1.165) is 21.9 Å². The maximum atomic E-state index is 12.5. The Morgan fingerprint density at radius 3 is 2.71 bits per heavy atom. The summed E-state index contributed by atoms with van der Waals surface area (Å²) in [5, 5.41) is 11.3. The third-order valence-corrected chi connectivity index (χ3v) is 4.15. The van der Waals surface area contributed by atoms with Crippen molar-refractivity contribution < 1.29 is 4.79 Å². The molecule has 2 atom stereocenters. The lowest BCUT2D eigenvalue weighted by Crippen LogP contribution is -2.16. The fourth-order valence-corrected chi connectivity index (χ4v) is 3.23. The van der Waals surface area contributed by atoms with Crippen molar-refractivity contribution in [3.63, 3.8) is 0 Å². The van der Waals surface area contributed by atoms with Gasteiger partial charge in [-0.2, -0.15) is 5.26 Å². The fourth-order valence-electron chi connectivity index (χ4n) is 3.23. The minimum absolute atomic E-state index is 0.131. The highest BCUT2D eigenvalue weighted by molar-refractivity contribution is 6.22. The van der Waals surface area contributed by atoms with Crippen LogP contribution in [0.15, 0.2) is 36.4 Å². The van der Waals surface area contributed by atoms with Crippen LogP contribution >= 0.6 is 0 Å². The highest BCUT2D eigenvalue weighted by atomic mass is 16.1. The van der Waals surface area contributed by atoms with Crippen LogP contribution in [-0.2, 0) is 5.41 Å². The number of nitrogens with zero attached hydrogens (tertiary/aromatic N) is 1. The molecule has 2 aliphatic rings. The Hall–Kier alpha value is -2.14. The molecular formula is C15H9NO. The molecule has 1 saturated carbocycles. The van der Waals surface area contributed by atoms with Gasteiger partial charge in [0.25, 0.3) is 0 Å². The summed E-state index contributed by atoms with van der Waals surface area (Å²) in [4.78, 5) is 12.5. The van der Waals surface area contributed by atoms with E-state index >= 15 is 0 Å². The van der Waals surface area contributed by atoms with E-state index < -0.39 is 5.41 Å². The number of Topliss-reactive ketones (excluding diaryl/α,β-unsaturated/α-hetero) is 1. The van der Waals surface area contributed by atoms with Gasteiger partial charge >= 0.3 is 0 Å². The van der Waals surface area contributed by atoms with Gasteiger partial charge in [-0.3, -0.25) is 4.79 Å². The molecule has 0 unspecified atom stereocenters. The Bertz CT molecular complexity index is 720. The molecule has 80 valence electrons. The van der Waals surface area contributed by atoms with Crippen molar-refractivity contribution in [3.8, 4) is 6.07 Å². The average molecular weight is 219 g/mol. The second kappa shape index (κ2) is 2.57. The van der Waals surface area contributed by atoms with Gasteiger partial charge < -0.3 is 0 Å². The molecule has 17 heavy (non-hydrogen) atoms. The molecule has 4 rings (SSSR count). The topological polar surface area (TPSA) is 40.9 Å². The maximum absolute atomic E-state index is 12.5. The first-order chi connectivity index (χ1) is 8.29. The Morgan fingerprint density at radius 1 is 1.24 bits per heavy atom. The van der Waals surface area contributed by atoms with E-state index in [1.165, 1.54) is 0 Å². The molecular weight excluding hydrogens is 210 g/mol. The van der Waals surface area contributed by atoms with Crippen LogP contribution in [0.2, 0.25) is 0 Å². The molecule has 0 saturated heterocycles. The van der Waals surface area contributed by atoms with Crippen LogP contribution in [-0.4, -0.2) is 5.78 Å². The van der Waals surface area contributed by atoms with Crippen molar-refractivity contribution in [2.75, 3.05) is 0 Å². The van der Waals surface area contributed by atoms with Gasteiger partial charge in [0.2, 0.25) is 0 Å². The maximum Gasteiger partial charge on any atom is 0.175 e. The van der Waals surface area contributed by atoms with E-state index in [9.17, 15) is 4.79 Å². The number of hydrogen-bond donors (Lipinski definition) is 0. The van der Waals surface area contributed by atoms with Gasteiger partial charge in [0.05, 0.1) is 17.4 Å². The first kappa shape index (κ1) is 8.95. The van der Waals surface area contributed by atoms with Gasteiger partial charge in [0.15, 0.2) is 5.78 Å². The second-order valence-electron chi connectivity index (χ2n) is 4.90. The van der Waals surface area contributed by atoms with Crippen LogP contribution in [0.5, 0.6) is 0 Å². The number of fused-ring (bicyclic) bond motifs is 1. The van der Waals surface area contributed by atoms with Crippen molar-refractivity contribution in [3.05, 3.63) is 47.5 Å². The number of carbonyl (C=O) groups is 1. The zero-order valence-electron chi connectivity index (χ0n) is 9.10. The van der Waals surface area contributed by atoms with E-state index in [1.807, 2.05) is 36.4 Å². The van der Waals surface area contributed by atoms with Crippen molar-refractivity contribution >= 4 is 16.6 Å². The highest BCUT2D eigenvalue weighted by Gasteiger charge is 2.64. The molecule has 1 spiro atoms. The summed E-state index contributed by atoms with van der Waals surface area (Å²) in [5.41, 5.74) is 1.37. The first-order valence-corrected chi connectivity index (χ1v) is 5.75. The molecule has 0 bridgehead atoms. The SMILES string of the molecule is N#C[C@@H]1C[C@]12C(=O)c1cccc3cccc2c13. The van der Waals surface area contributed by atoms with Crippen LogP contribution in [0, 0.1) is 17.2 Å². The summed E-state index contributed by atoms with van der Waals surface area (Å²) in [6.45, 7) is 0. The molecule has 2 aromatic carbocycles. The van der Waals surface area contributed by atoms with E-state index in [4.69, 9.17) is 5.26 Å². The molecule has 0 aromatic heterocycles. The average Bonchev–Trinajstić information content (AvgIpc) is 3.06. The predicted octanol–water partition coefficient (Wildman–Crippen LogP) is 2.82. The lowest BCUT2D eigenvalue weighted by Gasteiger charge is -2.06. The number of ketones is 1. The monoisotopic (exact) mass is 219 g/mol. The summed E-state index contributed by atoms with van der Waals surface area (Å²) < 4.78 is 0. The minimum atomic E-state index is -0.502. The van der Waals surface area contributed by atoms with Crippen LogP contribution in [0.4, 0.5) is 0 Å². The highest BCUT2D eigenvalue weighted by Crippen LogP contribution is 2.61. The Balaban J connectivity index is 2.15. The minimum Gasteiger partial charge on any atom is -0.293 e. The Labute approximate surface area is 98.5 Å². The first-order valence-electron chi connectivity index (χ1n) is 5.75. The van der Waals surface area contributed by atoms with Gasteiger partial charge in [-0.25, -0.2) is 0 Å². The molecule has 2 nitrogen and oxygen atoms in total. The molecule has 0 amide bonds. The van der Waals surface area contributed by atoms with Crippen LogP contribution in [0.3, 0.4) is 0 Å². The predicted molar refractivity (Wildman–Crippen MR) is 63.7 cm³/mol. The number of nitriles is 1. The summed E-state index contributed by atoms with van der Waals surface area (Å²) in [6.07, 6.45) is 0.691. The van der Waals surface area contributed by atoms with E-state index in [0.29, 0.717) is 6.42 Å². The smallest absolute Gasteiger partial charge is 0.175 e. The standard InChI is InChI=1S/C15H9NO/c16-8-10-7-15(10)12-6-2-4-9-3-1-5-11(13(9)12)14(15)17/h1-6,10H,7H2/t10-,15-/m0/s1. The van der Waals surface area contributed by atoms with Gasteiger partial charge in [0, 0.05) is 5.56 Å². The van der Waals surface area contributed by atoms with Gasteiger partial charge in [0.1, 0.15) is 0 Å². The summed E-state index contributed by atoms with van der Waals surface area (Å²) in [7, 11) is 0.